The maximum absolute atomic E-state index is 11.9. The van der Waals surface area contributed by atoms with Crippen LogP contribution < -0.4 is 0 Å². The van der Waals surface area contributed by atoms with E-state index in [-0.39, 0.29) is 0 Å². The second-order valence-electron chi connectivity index (χ2n) is 11.9. The van der Waals surface area contributed by atoms with Gasteiger partial charge in [-0.05, 0) is 0 Å². The molecule has 10 aliphatic rings. The summed E-state index contributed by atoms with van der Waals surface area (Å²) in [5.74, 6) is 3.01. The molecule has 106 valence electrons. The molecule has 5 atom stereocenters. The number of fused-ring (bicyclic) bond motifs is 10. The van der Waals surface area contributed by atoms with Gasteiger partial charge in [0.2, 0.25) is 0 Å². The predicted octanol–water partition coefficient (Wildman–Crippen LogP) is 4.27. The Bertz CT molecular complexity index is 1210. The molecule has 1 spiro atoms. The van der Waals surface area contributed by atoms with E-state index in [9.17, 15) is 5.11 Å². The van der Waals surface area contributed by atoms with Gasteiger partial charge in [-0.15, -0.1) is 0 Å². The molecular formula is C19H16FeO. The summed E-state index contributed by atoms with van der Waals surface area (Å²) in [7, 11) is 0. The summed E-state index contributed by atoms with van der Waals surface area (Å²) in [5.41, 5.74) is 0.157. The van der Waals surface area contributed by atoms with E-state index in [4.69, 9.17) is 6.42 Å². The van der Waals surface area contributed by atoms with Gasteiger partial charge in [-0.2, -0.15) is 0 Å². The van der Waals surface area contributed by atoms with E-state index >= 15 is 0 Å². The SMILES string of the molecule is C#CC(O)(c1ccccc1)[C]12[CH]3[CH]4[CH]5[CH]1[Fe]45321678[CH]2[CH]1[CH]6[CH]7[CH]28. The third-order valence-electron chi connectivity index (χ3n) is 16.6. The second kappa shape index (κ2) is 0.754. The summed E-state index contributed by atoms with van der Waals surface area (Å²) in [5, 5.41) is 11.9. The maximum atomic E-state index is 11.9. The molecule has 1 aromatic rings. The van der Waals surface area contributed by atoms with Crippen LogP contribution in [0.4, 0.5) is 0 Å². The molecule has 0 bridgehead atoms. The number of aliphatic hydroxyl groups is 1. The van der Waals surface area contributed by atoms with Crippen LogP contribution in [-0.2, 0) is 12.1 Å². The Hall–Kier alpha value is -0.741. The van der Waals surface area contributed by atoms with Crippen molar-refractivity contribution in [2.75, 3.05) is 0 Å². The monoisotopic (exact) mass is 316 g/mol. The molecular weight excluding hydrogens is 300 g/mol. The zero-order valence-electron chi connectivity index (χ0n) is 11.5. The average Bonchev–Trinajstić information content (AvgIpc) is 3.47. The van der Waals surface area contributed by atoms with Crippen LogP contribution in [0.5, 0.6) is 0 Å². The Morgan fingerprint density at radius 1 is 0.952 bits per heavy atom. The van der Waals surface area contributed by atoms with Crippen LogP contribution in [0.3, 0.4) is 0 Å². The molecule has 1 N–H and O–H groups in total. The molecule has 11 rings (SSSR count). The van der Waals surface area contributed by atoms with Gasteiger partial charge >= 0.3 is 113 Å². The molecule has 10 aliphatic heterocycles. The molecule has 0 aromatic heterocycles. The van der Waals surface area contributed by atoms with Crippen LogP contribution >= 0.6 is 0 Å². The van der Waals surface area contributed by atoms with Crippen molar-refractivity contribution in [1.82, 2.24) is 0 Å². The Morgan fingerprint density at radius 2 is 1.48 bits per heavy atom. The van der Waals surface area contributed by atoms with E-state index in [1.807, 2.05) is 6.07 Å². The van der Waals surface area contributed by atoms with Crippen molar-refractivity contribution in [3.05, 3.63) is 35.9 Å². The fraction of sp³-hybridized carbons (Fsp3) is 0.579. The van der Waals surface area contributed by atoms with Crippen LogP contribution in [-0.4, -0.2) is 5.11 Å². The van der Waals surface area contributed by atoms with Crippen molar-refractivity contribution in [1.29, 1.82) is 0 Å². The number of rotatable bonds is 2. The van der Waals surface area contributed by atoms with Crippen LogP contribution in [0, 0.1) is 12.3 Å². The van der Waals surface area contributed by atoms with Gasteiger partial charge in [0.15, 0.2) is 0 Å². The molecule has 1 aromatic carbocycles. The van der Waals surface area contributed by atoms with E-state index < -0.39 is 12.1 Å². The summed E-state index contributed by atoms with van der Waals surface area (Å²) >= 11 is 0. The van der Waals surface area contributed by atoms with Gasteiger partial charge < -0.3 is 0 Å². The second-order valence-corrected chi connectivity index (χ2v) is 35.5. The standard InChI is InChI=1S/C14H11O.C5H5.Fe/c1-2-14(15,13-10-6-7-11-13)12-8-4-3-5-9-12;1-2-4-5-3-1;/h1,3-11,15H;1-5H;. The molecule has 10 heterocycles. The fourth-order valence-corrected chi connectivity index (χ4v) is 93.1. The minimum atomic E-state index is -3.36. The number of hydrogen-bond acceptors (Lipinski definition) is 1. The average molecular weight is 316 g/mol. The number of benzene rings is 1. The van der Waals surface area contributed by atoms with E-state index in [2.05, 4.69) is 30.2 Å². The summed E-state index contributed by atoms with van der Waals surface area (Å²) < 4.78 is 0.322. The van der Waals surface area contributed by atoms with Crippen molar-refractivity contribution in [3.63, 3.8) is 0 Å². The molecule has 10 fully saturated rings. The predicted molar refractivity (Wildman–Crippen MR) is 75.6 cm³/mol. The fourth-order valence-electron chi connectivity index (χ4n) is 18.3. The number of terminal acetylenes is 1. The molecule has 5 unspecified atom stereocenters. The van der Waals surface area contributed by atoms with Gasteiger partial charge in [0.25, 0.3) is 0 Å². The number of hydrogen-bond donors (Lipinski definition) is 1. The van der Waals surface area contributed by atoms with Gasteiger partial charge in [0, 0.05) is 0 Å². The van der Waals surface area contributed by atoms with Gasteiger partial charge in [0.05, 0.1) is 0 Å². The van der Waals surface area contributed by atoms with Crippen LogP contribution in [0.2, 0.25) is 47.7 Å². The quantitative estimate of drug-likeness (QED) is 0.638. The van der Waals surface area contributed by atoms with E-state index in [0.29, 0.717) is 4.31 Å². The topological polar surface area (TPSA) is 20.2 Å². The first-order valence-electron chi connectivity index (χ1n) is 8.43. The van der Waals surface area contributed by atoms with Gasteiger partial charge in [-0.3, -0.25) is 0 Å². The van der Waals surface area contributed by atoms with Crippen molar-refractivity contribution < 1.29 is 11.6 Å². The Morgan fingerprint density at radius 3 is 1.81 bits per heavy atom. The molecule has 0 saturated carbocycles. The third-order valence-corrected chi connectivity index (χ3v) is 59.1. The van der Waals surface area contributed by atoms with Gasteiger partial charge in [-0.1, -0.05) is 0 Å². The van der Waals surface area contributed by atoms with Crippen molar-refractivity contribution in [3.8, 4) is 12.3 Å². The summed E-state index contributed by atoms with van der Waals surface area (Å²) in [6.45, 7) is -3.36. The molecule has 0 aliphatic carbocycles. The molecule has 2 heteroatoms. The van der Waals surface area contributed by atoms with Crippen molar-refractivity contribution >= 4 is 0 Å². The summed E-state index contributed by atoms with van der Waals surface area (Å²) in [6, 6.07) is 10.4. The normalized spacial score (nSPS) is 101. The zero-order valence-corrected chi connectivity index (χ0v) is 12.6. The third kappa shape index (κ3) is 0.101. The Kier molecular flexibility index (Phi) is 0.295. The summed E-state index contributed by atoms with van der Waals surface area (Å²) in [6.07, 6.45) is 6.07. The van der Waals surface area contributed by atoms with E-state index in [0.717, 1.165) is 15.2 Å². The van der Waals surface area contributed by atoms with E-state index in [1.54, 1.807) is 0 Å². The first-order chi connectivity index (χ1) is 9.96. The van der Waals surface area contributed by atoms with Crippen molar-refractivity contribution in [2.45, 2.75) is 53.3 Å². The van der Waals surface area contributed by atoms with E-state index in [1.165, 1.54) is 33.7 Å². The molecule has 21 heavy (non-hydrogen) atoms. The van der Waals surface area contributed by atoms with Crippen LogP contribution in [0.15, 0.2) is 30.3 Å². The first-order valence-corrected chi connectivity index (χ1v) is 14.7. The molecule has 0 amide bonds. The van der Waals surface area contributed by atoms with Gasteiger partial charge in [0.1, 0.15) is 0 Å². The summed E-state index contributed by atoms with van der Waals surface area (Å²) in [4.78, 5) is 10.5. The molecule has 10 saturated heterocycles. The van der Waals surface area contributed by atoms with Crippen LogP contribution in [0.1, 0.15) is 5.56 Å². The van der Waals surface area contributed by atoms with Crippen molar-refractivity contribution in [2.24, 2.45) is 0 Å². The molecule has 1 nitrogen and oxygen atoms in total. The minimum absolute atomic E-state index is 0.322. The first kappa shape index (κ1) is 8.21. The van der Waals surface area contributed by atoms with Crippen LogP contribution in [0.25, 0.3) is 0 Å². The zero-order chi connectivity index (χ0) is 13.3. The van der Waals surface area contributed by atoms with Gasteiger partial charge in [-0.25, -0.2) is 0 Å². The molecule has 0 radical (unpaired) electrons. The Balaban J connectivity index is 1.44. The Labute approximate surface area is 113 Å².